The van der Waals surface area contributed by atoms with Crippen LogP contribution in [-0.2, 0) is 17.6 Å². The summed E-state index contributed by atoms with van der Waals surface area (Å²) in [4.78, 5) is 12.5. The highest BCUT2D eigenvalue weighted by Gasteiger charge is 2.33. The van der Waals surface area contributed by atoms with Gasteiger partial charge in [0.2, 0.25) is 0 Å². The number of amides is 1. The van der Waals surface area contributed by atoms with Gasteiger partial charge in [0.05, 0.1) is 18.4 Å². The van der Waals surface area contributed by atoms with Crippen LogP contribution in [0.4, 0.5) is 18.9 Å². The third-order valence-corrected chi connectivity index (χ3v) is 5.05. The van der Waals surface area contributed by atoms with Crippen LogP contribution in [-0.4, -0.2) is 13.0 Å². The van der Waals surface area contributed by atoms with Crippen LogP contribution in [0.15, 0.2) is 72.3 Å². The van der Waals surface area contributed by atoms with E-state index in [0.717, 1.165) is 17.7 Å². The number of benzene rings is 3. The van der Waals surface area contributed by atoms with Crippen molar-refractivity contribution < 1.29 is 27.4 Å². The molecule has 9 heteroatoms. The second-order valence-corrected chi connectivity index (χ2v) is 7.36. The van der Waals surface area contributed by atoms with E-state index >= 15 is 0 Å². The van der Waals surface area contributed by atoms with E-state index in [-0.39, 0.29) is 12.2 Å². The van der Waals surface area contributed by atoms with Crippen molar-refractivity contribution >= 4 is 29.3 Å². The third-order valence-electron chi connectivity index (χ3n) is 4.69. The normalized spacial score (nSPS) is 11.5. The Kier molecular flexibility index (Phi) is 7.82. The highest BCUT2D eigenvalue weighted by Crippen LogP contribution is 2.35. The Hall–Kier alpha value is -3.96. The Morgan fingerprint density at radius 3 is 2.47 bits per heavy atom. The number of ether oxygens (including phenoxy) is 2. The zero-order chi connectivity index (χ0) is 24.7. The molecule has 0 heterocycles. The van der Waals surface area contributed by atoms with Crippen LogP contribution in [0.25, 0.3) is 6.08 Å². The lowest BCUT2D eigenvalue weighted by Gasteiger charge is -2.13. The lowest BCUT2D eigenvalue weighted by Crippen LogP contribution is -2.17. The molecule has 0 unspecified atom stereocenters. The van der Waals surface area contributed by atoms with Crippen molar-refractivity contribution in [3.05, 3.63) is 94.0 Å². The van der Waals surface area contributed by atoms with Crippen LogP contribution in [0.1, 0.15) is 16.7 Å². The summed E-state index contributed by atoms with van der Waals surface area (Å²) in [7, 11) is 1.43. The molecule has 0 fully saturated rings. The maximum Gasteiger partial charge on any atom is 0.418 e. The van der Waals surface area contributed by atoms with Crippen molar-refractivity contribution in [1.82, 2.24) is 0 Å². The van der Waals surface area contributed by atoms with Gasteiger partial charge in [-0.1, -0.05) is 48.0 Å². The Labute approximate surface area is 199 Å². The van der Waals surface area contributed by atoms with Gasteiger partial charge in [-0.05, 0) is 42.0 Å². The average molecular weight is 487 g/mol. The molecule has 0 atom stereocenters. The maximum atomic E-state index is 13.2. The average Bonchev–Trinajstić information content (AvgIpc) is 2.82. The quantitative estimate of drug-likeness (QED) is 0.306. The fraction of sp³-hybridized carbons (Fsp3) is 0.120. The zero-order valence-electron chi connectivity index (χ0n) is 17.8. The van der Waals surface area contributed by atoms with E-state index in [2.05, 4.69) is 5.32 Å². The van der Waals surface area contributed by atoms with Crippen molar-refractivity contribution in [2.24, 2.45) is 0 Å². The second-order valence-electron chi connectivity index (χ2n) is 6.96. The molecule has 3 rings (SSSR count). The van der Waals surface area contributed by atoms with Gasteiger partial charge in [0, 0.05) is 10.6 Å². The van der Waals surface area contributed by atoms with Crippen LogP contribution in [0, 0.1) is 11.3 Å². The van der Waals surface area contributed by atoms with E-state index in [4.69, 9.17) is 21.1 Å². The van der Waals surface area contributed by atoms with Crippen LogP contribution >= 0.6 is 11.6 Å². The topological polar surface area (TPSA) is 71.3 Å². The van der Waals surface area contributed by atoms with Gasteiger partial charge < -0.3 is 14.8 Å². The molecule has 0 radical (unpaired) electrons. The summed E-state index contributed by atoms with van der Waals surface area (Å²) in [6.07, 6.45) is -3.42. The van der Waals surface area contributed by atoms with Crippen LogP contribution in [0.5, 0.6) is 11.5 Å². The number of nitriles is 1. The first-order chi connectivity index (χ1) is 16.2. The molecule has 0 saturated heterocycles. The van der Waals surface area contributed by atoms with Gasteiger partial charge in [0.15, 0.2) is 11.5 Å². The Morgan fingerprint density at radius 2 is 1.79 bits per heavy atom. The van der Waals surface area contributed by atoms with Gasteiger partial charge in [0.1, 0.15) is 18.2 Å². The molecule has 3 aromatic carbocycles. The fourth-order valence-electron chi connectivity index (χ4n) is 3.01. The molecule has 174 valence electrons. The van der Waals surface area contributed by atoms with Crippen molar-refractivity contribution in [3.63, 3.8) is 0 Å². The molecular formula is C25H18ClF3N2O3. The van der Waals surface area contributed by atoms with Crippen LogP contribution < -0.4 is 14.8 Å². The second kappa shape index (κ2) is 10.8. The molecule has 34 heavy (non-hydrogen) atoms. The fourth-order valence-corrected chi connectivity index (χ4v) is 3.20. The summed E-state index contributed by atoms with van der Waals surface area (Å²) in [5.74, 6) is -0.236. The molecule has 1 N–H and O–H groups in total. The predicted molar refractivity (Wildman–Crippen MR) is 122 cm³/mol. The molecule has 5 nitrogen and oxygen atoms in total. The SMILES string of the molecule is COc1cc(/C=C(\C#N)C(=O)Nc2ccccc2C(F)(F)F)ccc1OCc1ccccc1Cl. The summed E-state index contributed by atoms with van der Waals surface area (Å²) < 4.78 is 50.6. The number of halogens is 4. The molecule has 0 aliphatic carbocycles. The van der Waals surface area contributed by atoms with Gasteiger partial charge in [-0.25, -0.2) is 0 Å². The smallest absolute Gasteiger partial charge is 0.418 e. The predicted octanol–water partition coefficient (Wildman–Crippen LogP) is 6.49. The molecule has 0 spiro atoms. The first-order valence-electron chi connectivity index (χ1n) is 9.86. The summed E-state index contributed by atoms with van der Waals surface area (Å²) in [5.41, 5.74) is -0.649. The molecule has 0 aliphatic heterocycles. The molecule has 0 bridgehead atoms. The molecule has 0 saturated carbocycles. The van der Waals surface area contributed by atoms with Crippen molar-refractivity contribution in [3.8, 4) is 17.6 Å². The van der Waals surface area contributed by atoms with Gasteiger partial charge in [0.25, 0.3) is 5.91 Å². The monoisotopic (exact) mass is 486 g/mol. The number of rotatable bonds is 7. The van der Waals surface area contributed by atoms with Crippen LogP contribution in [0.2, 0.25) is 5.02 Å². The van der Waals surface area contributed by atoms with Crippen molar-refractivity contribution in [1.29, 1.82) is 5.26 Å². The zero-order valence-corrected chi connectivity index (χ0v) is 18.6. The number of carbonyl (C=O) groups excluding carboxylic acids is 1. The van der Waals surface area contributed by atoms with Gasteiger partial charge >= 0.3 is 6.18 Å². The first-order valence-corrected chi connectivity index (χ1v) is 10.2. The van der Waals surface area contributed by atoms with E-state index in [0.29, 0.717) is 22.1 Å². The highest BCUT2D eigenvalue weighted by molar-refractivity contribution is 6.31. The maximum absolute atomic E-state index is 13.2. The highest BCUT2D eigenvalue weighted by atomic mass is 35.5. The number of hydrogen-bond acceptors (Lipinski definition) is 4. The van der Waals surface area contributed by atoms with E-state index < -0.39 is 23.3 Å². The van der Waals surface area contributed by atoms with E-state index in [9.17, 15) is 23.2 Å². The van der Waals surface area contributed by atoms with E-state index in [1.54, 1.807) is 30.3 Å². The number of nitrogens with zero attached hydrogens (tertiary/aromatic N) is 1. The number of alkyl halides is 3. The summed E-state index contributed by atoms with van der Waals surface area (Å²) in [5, 5.41) is 12.1. The third kappa shape index (κ3) is 6.09. The minimum absolute atomic E-state index is 0.190. The minimum Gasteiger partial charge on any atom is -0.493 e. The number of nitrogens with one attached hydrogen (secondary N) is 1. The Bertz CT molecular complexity index is 1270. The molecule has 1 amide bonds. The number of para-hydroxylation sites is 1. The Balaban J connectivity index is 1.80. The van der Waals surface area contributed by atoms with Gasteiger partial charge in [-0.15, -0.1) is 0 Å². The van der Waals surface area contributed by atoms with Gasteiger partial charge in [-0.2, -0.15) is 18.4 Å². The number of hydrogen-bond donors (Lipinski definition) is 1. The standard InChI is InChI=1S/C25H18ClF3N2O3/c1-33-23-13-16(10-11-22(23)34-15-17-6-2-4-8-20(17)26)12-18(14-30)24(32)31-21-9-5-3-7-19(21)25(27,28)29/h2-13H,15H2,1H3,(H,31,32)/b18-12+. The number of anilines is 1. The molecule has 0 aliphatic rings. The Morgan fingerprint density at radius 1 is 1.09 bits per heavy atom. The number of methoxy groups -OCH3 is 1. The summed E-state index contributed by atoms with van der Waals surface area (Å²) in [6.45, 7) is 0.190. The van der Waals surface area contributed by atoms with Crippen LogP contribution in [0.3, 0.4) is 0 Å². The van der Waals surface area contributed by atoms with E-state index in [1.807, 2.05) is 12.1 Å². The molecular weight excluding hydrogens is 469 g/mol. The summed E-state index contributed by atoms with van der Waals surface area (Å²) >= 11 is 6.14. The number of carbonyl (C=O) groups is 1. The summed E-state index contributed by atoms with van der Waals surface area (Å²) in [6, 6.07) is 18.1. The molecule has 3 aromatic rings. The van der Waals surface area contributed by atoms with Gasteiger partial charge in [-0.3, -0.25) is 4.79 Å². The van der Waals surface area contributed by atoms with Crippen molar-refractivity contribution in [2.75, 3.05) is 12.4 Å². The van der Waals surface area contributed by atoms with E-state index in [1.165, 1.54) is 31.4 Å². The lowest BCUT2D eigenvalue weighted by molar-refractivity contribution is -0.137. The largest absolute Gasteiger partial charge is 0.493 e. The minimum atomic E-state index is -4.66. The van der Waals surface area contributed by atoms with Crippen molar-refractivity contribution in [2.45, 2.75) is 12.8 Å². The molecule has 0 aromatic heterocycles. The first kappa shape index (κ1) is 24.7. The lowest BCUT2D eigenvalue weighted by atomic mass is 10.1.